The van der Waals surface area contributed by atoms with E-state index in [4.69, 9.17) is 0 Å². The quantitative estimate of drug-likeness (QED) is 0.752. The Bertz CT molecular complexity index is 352. The van der Waals surface area contributed by atoms with E-state index in [1.807, 2.05) is 7.05 Å². The van der Waals surface area contributed by atoms with Crippen LogP contribution in [0.1, 0.15) is 32.1 Å². The number of rotatable bonds is 7. The van der Waals surface area contributed by atoms with Crippen molar-refractivity contribution in [1.82, 2.24) is 15.1 Å². The average molecular weight is 264 g/mol. The van der Waals surface area contributed by atoms with Gasteiger partial charge in [0.1, 0.15) is 5.54 Å². The molecule has 2 aliphatic rings. The largest absolute Gasteiger partial charge is 0.302 e. The Morgan fingerprint density at radius 3 is 2.26 bits per heavy atom. The van der Waals surface area contributed by atoms with Crippen molar-refractivity contribution >= 4 is 0 Å². The second-order valence-electron chi connectivity index (χ2n) is 6.75. The molecule has 1 N–H and O–H groups in total. The van der Waals surface area contributed by atoms with Gasteiger partial charge in [-0.1, -0.05) is 0 Å². The average Bonchev–Trinajstić information content (AvgIpc) is 3.15. The molecule has 2 rings (SSSR count). The van der Waals surface area contributed by atoms with E-state index in [1.54, 1.807) is 0 Å². The van der Waals surface area contributed by atoms with Crippen LogP contribution in [0.2, 0.25) is 0 Å². The summed E-state index contributed by atoms with van der Waals surface area (Å²) >= 11 is 0. The van der Waals surface area contributed by atoms with E-state index in [9.17, 15) is 5.26 Å². The van der Waals surface area contributed by atoms with Gasteiger partial charge in [-0.25, -0.2) is 0 Å². The van der Waals surface area contributed by atoms with E-state index in [1.165, 1.54) is 32.1 Å². The molecule has 0 heterocycles. The molecule has 0 aromatic rings. The van der Waals surface area contributed by atoms with Crippen molar-refractivity contribution in [3.63, 3.8) is 0 Å². The summed E-state index contributed by atoms with van der Waals surface area (Å²) in [6, 6.07) is 2.54. The molecule has 0 bridgehead atoms. The lowest BCUT2D eigenvalue weighted by molar-refractivity contribution is 0.0223. The van der Waals surface area contributed by atoms with Crippen molar-refractivity contribution in [3.8, 4) is 6.07 Å². The van der Waals surface area contributed by atoms with Crippen molar-refractivity contribution in [2.45, 2.75) is 43.2 Å². The summed E-state index contributed by atoms with van der Waals surface area (Å²) in [6.07, 6.45) is 6.30. The summed E-state index contributed by atoms with van der Waals surface area (Å²) in [4.78, 5) is 4.73. The normalized spacial score (nSPS) is 24.9. The van der Waals surface area contributed by atoms with Gasteiger partial charge < -0.3 is 15.1 Å². The number of nitriles is 1. The van der Waals surface area contributed by atoms with Crippen LogP contribution < -0.4 is 5.32 Å². The van der Waals surface area contributed by atoms with E-state index in [-0.39, 0.29) is 5.54 Å². The Hall–Kier alpha value is -0.630. The third kappa shape index (κ3) is 2.79. The van der Waals surface area contributed by atoms with Crippen LogP contribution in [-0.2, 0) is 0 Å². The zero-order chi connectivity index (χ0) is 14.1. The van der Waals surface area contributed by atoms with Gasteiger partial charge in [0.05, 0.1) is 6.07 Å². The lowest BCUT2D eigenvalue weighted by Gasteiger charge is -2.50. The fourth-order valence-corrected chi connectivity index (χ4v) is 3.49. The van der Waals surface area contributed by atoms with Gasteiger partial charge in [0, 0.05) is 18.6 Å². The van der Waals surface area contributed by atoms with E-state index in [2.05, 4.69) is 42.3 Å². The summed E-state index contributed by atoms with van der Waals surface area (Å²) in [5.41, 5.74) is -0.000756. The Kier molecular flexibility index (Phi) is 4.20. The van der Waals surface area contributed by atoms with Crippen LogP contribution in [0.3, 0.4) is 0 Å². The van der Waals surface area contributed by atoms with E-state index in [0.29, 0.717) is 11.5 Å². The van der Waals surface area contributed by atoms with Crippen molar-refractivity contribution in [3.05, 3.63) is 0 Å². The predicted octanol–water partition coefficient (Wildman–Crippen LogP) is 1.29. The second kappa shape index (κ2) is 5.40. The third-order valence-electron chi connectivity index (χ3n) is 5.24. The monoisotopic (exact) mass is 264 g/mol. The fourth-order valence-electron chi connectivity index (χ4n) is 3.49. The van der Waals surface area contributed by atoms with Gasteiger partial charge in [0.25, 0.3) is 0 Å². The highest BCUT2D eigenvalue weighted by atomic mass is 15.2. The topological polar surface area (TPSA) is 42.3 Å². The Morgan fingerprint density at radius 2 is 1.95 bits per heavy atom. The molecule has 0 saturated heterocycles. The highest BCUT2D eigenvalue weighted by Crippen LogP contribution is 2.41. The fraction of sp³-hybridized carbons (Fsp3) is 0.933. The summed E-state index contributed by atoms with van der Waals surface area (Å²) in [7, 11) is 8.46. The Balaban J connectivity index is 1.96. The number of nitrogens with zero attached hydrogens (tertiary/aromatic N) is 3. The van der Waals surface area contributed by atoms with E-state index >= 15 is 0 Å². The molecule has 2 fully saturated rings. The summed E-state index contributed by atoms with van der Waals surface area (Å²) in [5, 5.41) is 12.9. The first-order chi connectivity index (χ1) is 8.98. The van der Waals surface area contributed by atoms with Gasteiger partial charge in [-0.15, -0.1) is 0 Å². The molecule has 0 aromatic heterocycles. The summed E-state index contributed by atoms with van der Waals surface area (Å²) in [6.45, 7) is 1.90. The van der Waals surface area contributed by atoms with Crippen molar-refractivity contribution in [1.29, 1.82) is 5.26 Å². The molecule has 108 valence electrons. The first-order valence-electron chi connectivity index (χ1n) is 7.44. The number of nitrogens with one attached hydrogen (secondary N) is 1. The predicted molar refractivity (Wildman–Crippen MR) is 77.9 cm³/mol. The molecular formula is C15H28N4. The van der Waals surface area contributed by atoms with Crippen LogP contribution in [-0.4, -0.2) is 62.2 Å². The molecule has 0 amide bonds. The first kappa shape index (κ1) is 14.8. The van der Waals surface area contributed by atoms with Crippen LogP contribution >= 0.6 is 0 Å². The van der Waals surface area contributed by atoms with Crippen LogP contribution in [0.5, 0.6) is 0 Å². The molecule has 4 nitrogen and oxygen atoms in total. The molecule has 1 unspecified atom stereocenters. The van der Waals surface area contributed by atoms with Crippen molar-refractivity contribution in [2.75, 3.05) is 41.3 Å². The maximum Gasteiger partial charge on any atom is 0.122 e. The van der Waals surface area contributed by atoms with Gasteiger partial charge in [0.2, 0.25) is 0 Å². The molecular weight excluding hydrogens is 236 g/mol. The van der Waals surface area contributed by atoms with Crippen molar-refractivity contribution in [2.24, 2.45) is 5.92 Å². The van der Waals surface area contributed by atoms with E-state index < -0.39 is 0 Å². The molecule has 19 heavy (non-hydrogen) atoms. The van der Waals surface area contributed by atoms with Crippen LogP contribution in [0.15, 0.2) is 0 Å². The zero-order valence-electron chi connectivity index (χ0n) is 12.9. The van der Waals surface area contributed by atoms with E-state index in [0.717, 1.165) is 13.1 Å². The lowest BCUT2D eigenvalue weighted by Crippen LogP contribution is -2.60. The molecule has 0 aromatic carbocycles. The second-order valence-corrected chi connectivity index (χ2v) is 6.75. The minimum atomic E-state index is -0.341. The highest BCUT2D eigenvalue weighted by Gasteiger charge is 2.47. The van der Waals surface area contributed by atoms with Gasteiger partial charge in [0.15, 0.2) is 0 Å². The third-order valence-corrected chi connectivity index (χ3v) is 5.24. The highest BCUT2D eigenvalue weighted by molar-refractivity contribution is 5.16. The summed E-state index contributed by atoms with van der Waals surface area (Å²) in [5.74, 6) is 0.543. The van der Waals surface area contributed by atoms with Gasteiger partial charge >= 0.3 is 0 Å². The van der Waals surface area contributed by atoms with Gasteiger partial charge in [-0.3, -0.25) is 0 Å². The maximum atomic E-state index is 9.56. The first-order valence-corrected chi connectivity index (χ1v) is 7.44. The number of likely N-dealkylation sites (N-methyl/N-ethyl adjacent to an activating group) is 3. The SMILES string of the molecule is CNC(C#N)(CN(C)CC1(N(C)C)CCC1)C1CC1. The van der Waals surface area contributed by atoms with Crippen LogP contribution in [0.25, 0.3) is 0 Å². The molecule has 0 spiro atoms. The van der Waals surface area contributed by atoms with Gasteiger partial charge in [-0.05, 0) is 66.2 Å². The van der Waals surface area contributed by atoms with Gasteiger partial charge in [-0.2, -0.15) is 5.26 Å². The van der Waals surface area contributed by atoms with Crippen molar-refractivity contribution < 1.29 is 0 Å². The van der Waals surface area contributed by atoms with Crippen LogP contribution in [0, 0.1) is 17.2 Å². The Morgan fingerprint density at radius 1 is 1.32 bits per heavy atom. The molecule has 0 radical (unpaired) electrons. The minimum Gasteiger partial charge on any atom is -0.302 e. The standard InChI is InChI=1S/C15H28N4/c1-17-15(10-16,13-6-7-13)12-19(4)11-14(18(2)3)8-5-9-14/h13,17H,5-9,11-12H2,1-4H3. The summed E-state index contributed by atoms with van der Waals surface area (Å²) < 4.78 is 0. The molecule has 0 aliphatic heterocycles. The number of hydrogen-bond acceptors (Lipinski definition) is 4. The smallest absolute Gasteiger partial charge is 0.122 e. The minimum absolute atomic E-state index is 0.341. The molecule has 2 aliphatic carbocycles. The maximum absolute atomic E-state index is 9.56. The number of hydrogen-bond donors (Lipinski definition) is 1. The lowest BCUT2D eigenvalue weighted by atomic mass is 9.75. The molecule has 1 atom stereocenters. The van der Waals surface area contributed by atoms with Crippen LogP contribution in [0.4, 0.5) is 0 Å². The molecule has 4 heteroatoms. The molecule has 2 saturated carbocycles. The Labute approximate surface area is 117 Å². The zero-order valence-corrected chi connectivity index (χ0v) is 12.9.